The highest BCUT2D eigenvalue weighted by Gasteiger charge is 2.53. The molecule has 1 aromatic carbocycles. The van der Waals surface area contributed by atoms with Crippen molar-refractivity contribution in [3.8, 4) is 0 Å². The van der Waals surface area contributed by atoms with Crippen LogP contribution in [0.15, 0.2) is 22.7 Å². The molecule has 71 heavy (non-hydrogen) atoms. The number of nitrogens with zero attached hydrogens (tertiary/aromatic N) is 1. The van der Waals surface area contributed by atoms with Gasteiger partial charge in [-0.3, -0.25) is 9.69 Å². The van der Waals surface area contributed by atoms with Gasteiger partial charge in [0.2, 0.25) is 5.91 Å². The van der Waals surface area contributed by atoms with Crippen LogP contribution < -0.4 is 26.6 Å². The molecular formula is C51H85BrN6O13. The van der Waals surface area contributed by atoms with Crippen LogP contribution in [0, 0.1) is 23.7 Å². The quantitative estimate of drug-likeness (QED) is 0.0979. The van der Waals surface area contributed by atoms with Gasteiger partial charge in [0.1, 0.15) is 42.7 Å². The zero-order valence-corrected chi connectivity index (χ0v) is 43.5. The topological polar surface area (TPSA) is 265 Å². The molecule has 1 aromatic rings. The van der Waals surface area contributed by atoms with E-state index in [4.69, 9.17) is 23.7 Å². The maximum absolute atomic E-state index is 14.1. The molecule has 2 aliphatic carbocycles. The van der Waals surface area contributed by atoms with E-state index in [1.54, 1.807) is 6.92 Å². The summed E-state index contributed by atoms with van der Waals surface area (Å²) in [7, 11) is 0. The highest BCUT2D eigenvalue weighted by molar-refractivity contribution is 9.10. The number of carboxylic acid groups (broad SMARTS) is 1. The molecule has 20 heteroatoms. The molecule has 15 atom stereocenters. The van der Waals surface area contributed by atoms with Gasteiger partial charge in [0.15, 0.2) is 18.7 Å². The summed E-state index contributed by atoms with van der Waals surface area (Å²) in [4.78, 5) is 29.3. The van der Waals surface area contributed by atoms with Crippen LogP contribution in [0.25, 0.3) is 0 Å². The van der Waals surface area contributed by atoms with Crippen molar-refractivity contribution >= 4 is 27.8 Å². The molecule has 11 N–H and O–H groups in total. The van der Waals surface area contributed by atoms with Crippen molar-refractivity contribution in [2.24, 2.45) is 23.7 Å². The maximum atomic E-state index is 14.1. The second kappa shape index (κ2) is 28.3. The van der Waals surface area contributed by atoms with E-state index in [-0.39, 0.29) is 36.0 Å². The van der Waals surface area contributed by atoms with Crippen LogP contribution >= 0.6 is 15.9 Å². The lowest BCUT2D eigenvalue weighted by molar-refractivity contribution is -0.339. The van der Waals surface area contributed by atoms with Crippen LogP contribution in [-0.4, -0.2) is 199 Å². The summed E-state index contributed by atoms with van der Waals surface area (Å²) in [5, 5.41) is 82.2. The molecule has 7 rings (SSSR count). The lowest BCUT2D eigenvalue weighted by atomic mass is 9.74. The Kier molecular flexibility index (Phi) is 22.6. The summed E-state index contributed by atoms with van der Waals surface area (Å²) in [5.41, 5.74) is 2.41. The predicted octanol–water partition coefficient (Wildman–Crippen LogP) is 0.981. The summed E-state index contributed by atoms with van der Waals surface area (Å²) in [6, 6.07) is 5.47. The number of carbonyl (C=O) groups excluding carboxylic acids is 1. The Labute approximate surface area is 428 Å². The molecule has 6 fully saturated rings. The number of aliphatic hydroxyl groups excluding tert-OH is 5. The number of carboxylic acids is 1. The maximum Gasteiger partial charge on any atom is 0.332 e. The monoisotopic (exact) mass is 1070 g/mol. The second-order valence-corrected chi connectivity index (χ2v) is 21.9. The molecule has 6 aliphatic rings. The fourth-order valence-electron chi connectivity index (χ4n) is 11.1. The van der Waals surface area contributed by atoms with Crippen LogP contribution in [-0.2, 0) is 46.2 Å². The molecule has 4 aliphatic heterocycles. The van der Waals surface area contributed by atoms with Crippen molar-refractivity contribution in [3.63, 3.8) is 0 Å². The van der Waals surface area contributed by atoms with Crippen LogP contribution in [0.1, 0.15) is 95.6 Å². The minimum atomic E-state index is -1.57. The Hall–Kier alpha value is -1.96. The Morgan fingerprint density at radius 2 is 1.54 bits per heavy atom. The van der Waals surface area contributed by atoms with E-state index in [1.165, 1.54) is 11.1 Å². The molecule has 4 heterocycles. The number of aryl methyl sites for hydroxylation is 1. The highest BCUT2D eigenvalue weighted by Crippen LogP contribution is 2.42. The average Bonchev–Trinajstić information content (AvgIpc) is 4.19. The lowest BCUT2D eigenvalue weighted by Crippen LogP contribution is -2.68. The molecule has 1 amide bonds. The van der Waals surface area contributed by atoms with Crippen LogP contribution in [0.5, 0.6) is 0 Å². The SMILES string of the molecule is CCC1CC(CCc2ccc(CN3CCCNCCNCCCNCC3)cc2Br)CC(OC2OC(CO)C(O)C(O[C@@H](CC3CC3)C(=O)O)C2NC(=O)C2CCNCC2)C1OC1OC(C)C(O)C(O)C1O. The number of aliphatic carboxylic acids is 1. The van der Waals surface area contributed by atoms with Crippen LogP contribution in [0.2, 0.25) is 0 Å². The van der Waals surface area contributed by atoms with E-state index in [0.29, 0.717) is 38.8 Å². The summed E-state index contributed by atoms with van der Waals surface area (Å²) < 4.78 is 33.4. The van der Waals surface area contributed by atoms with Crippen molar-refractivity contribution in [2.75, 3.05) is 72.1 Å². The van der Waals surface area contributed by atoms with E-state index >= 15 is 0 Å². The van der Waals surface area contributed by atoms with Gasteiger partial charge in [-0.25, -0.2) is 4.79 Å². The van der Waals surface area contributed by atoms with Crippen molar-refractivity contribution in [1.29, 1.82) is 0 Å². The molecule has 0 aromatic heterocycles. The third kappa shape index (κ3) is 16.3. The number of hydrogen-bond acceptors (Lipinski definition) is 17. The molecule has 404 valence electrons. The number of benzene rings is 1. The van der Waals surface area contributed by atoms with E-state index in [2.05, 4.69) is 65.6 Å². The van der Waals surface area contributed by atoms with Crippen molar-refractivity contribution in [3.05, 3.63) is 33.8 Å². The molecule has 0 bridgehead atoms. The molecule has 0 spiro atoms. The summed E-state index contributed by atoms with van der Waals surface area (Å²) in [6.07, 6.45) is -6.16. The van der Waals surface area contributed by atoms with Gasteiger partial charge < -0.3 is 80.9 Å². The molecular weight excluding hydrogens is 984 g/mol. The normalized spacial score (nSPS) is 36.1. The zero-order chi connectivity index (χ0) is 50.4. The number of nitrogens with one attached hydrogen (secondary N) is 5. The van der Waals surface area contributed by atoms with E-state index < -0.39 is 92.2 Å². The highest BCUT2D eigenvalue weighted by atomic mass is 79.9. The van der Waals surface area contributed by atoms with Gasteiger partial charge in [0, 0.05) is 43.1 Å². The van der Waals surface area contributed by atoms with E-state index in [0.717, 1.165) is 108 Å². The van der Waals surface area contributed by atoms with E-state index in [9.17, 15) is 40.2 Å². The molecule has 0 radical (unpaired) electrons. The minimum Gasteiger partial charge on any atom is -0.479 e. The molecule has 19 nitrogen and oxygen atoms in total. The smallest absolute Gasteiger partial charge is 0.332 e. The average molecular weight is 1070 g/mol. The first-order chi connectivity index (χ1) is 34.3. The number of aliphatic hydroxyl groups is 5. The van der Waals surface area contributed by atoms with Crippen molar-refractivity contribution in [2.45, 2.75) is 177 Å². The summed E-state index contributed by atoms with van der Waals surface area (Å²) in [5.74, 6) is -1.75. The number of carbonyl (C=O) groups is 2. The van der Waals surface area contributed by atoms with Crippen LogP contribution in [0.3, 0.4) is 0 Å². The Bertz CT molecular complexity index is 1770. The fraction of sp³-hybridized carbons (Fsp3) is 0.843. The number of rotatable bonds is 18. The second-order valence-electron chi connectivity index (χ2n) is 21.0. The van der Waals surface area contributed by atoms with Gasteiger partial charge in [-0.15, -0.1) is 0 Å². The molecule has 2 saturated carbocycles. The number of ether oxygens (including phenoxy) is 5. The first-order valence-electron chi connectivity index (χ1n) is 26.8. The largest absolute Gasteiger partial charge is 0.479 e. The summed E-state index contributed by atoms with van der Waals surface area (Å²) >= 11 is 3.92. The van der Waals surface area contributed by atoms with Gasteiger partial charge in [-0.2, -0.15) is 0 Å². The van der Waals surface area contributed by atoms with Gasteiger partial charge >= 0.3 is 5.97 Å². The van der Waals surface area contributed by atoms with Crippen LogP contribution in [0.4, 0.5) is 0 Å². The Morgan fingerprint density at radius 1 is 0.817 bits per heavy atom. The number of hydrogen-bond donors (Lipinski definition) is 11. The number of halogens is 1. The zero-order valence-electron chi connectivity index (χ0n) is 41.9. The first kappa shape index (κ1) is 56.8. The predicted molar refractivity (Wildman–Crippen MR) is 267 cm³/mol. The third-order valence-corrected chi connectivity index (χ3v) is 16.4. The standard InChI is InChI=1S/C51H85BrN6O13/c1-3-34-24-32(8-10-35-11-9-33(25-37(35)52)28-58-22-5-16-54-20-19-53-14-4-15-55-21-23-58)27-38(46(34)71-51-45(63)44(62)42(60)30(2)67-51)69-50-41(57-48(64)36-12-17-56-18-13-36)47(43(61)40(29-59)70-50)68-39(49(65)66)26-31-6-7-31/h9,11,25,30-32,34,36,38-47,50-51,53-56,59-63H,3-8,10,12-24,26-29H2,1-2H3,(H,57,64)(H,65,66)/t30?,32?,34?,38?,39-,40?,41?,42?,43?,44?,45?,46?,47?,50?,51?/m0/s1. The van der Waals surface area contributed by atoms with Crippen molar-refractivity contribution in [1.82, 2.24) is 31.5 Å². The van der Waals surface area contributed by atoms with Gasteiger partial charge in [-0.1, -0.05) is 54.2 Å². The lowest BCUT2D eigenvalue weighted by Gasteiger charge is -2.49. The fourth-order valence-corrected chi connectivity index (χ4v) is 11.7. The van der Waals surface area contributed by atoms with E-state index in [1.807, 2.05) is 6.92 Å². The Balaban J connectivity index is 1.11. The molecule has 14 unspecified atom stereocenters. The number of amides is 1. The Morgan fingerprint density at radius 3 is 2.23 bits per heavy atom. The van der Waals surface area contributed by atoms with Gasteiger partial charge in [0.25, 0.3) is 0 Å². The third-order valence-electron chi connectivity index (χ3n) is 15.6. The van der Waals surface area contributed by atoms with Crippen molar-refractivity contribution < 1.29 is 63.9 Å². The number of piperidine rings is 1. The van der Waals surface area contributed by atoms with Gasteiger partial charge in [-0.05, 0) is 139 Å². The summed E-state index contributed by atoms with van der Waals surface area (Å²) in [6.45, 7) is 13.0. The van der Waals surface area contributed by atoms with Gasteiger partial charge in [0.05, 0.1) is 24.9 Å². The minimum absolute atomic E-state index is 0.0974. The first-order valence-corrected chi connectivity index (χ1v) is 27.6. The molecule has 4 saturated heterocycles.